The van der Waals surface area contributed by atoms with Gasteiger partial charge in [0.05, 0.1) is 11.7 Å². The summed E-state index contributed by atoms with van der Waals surface area (Å²) >= 11 is 0. The molecule has 0 saturated heterocycles. The highest BCUT2D eigenvalue weighted by atomic mass is 16.5. The molecular weight excluding hydrogens is 184 g/mol. The van der Waals surface area contributed by atoms with Crippen LogP contribution in [0.4, 0.5) is 0 Å². The Hall–Kier alpha value is -0.820. The third kappa shape index (κ3) is 2.40. The Morgan fingerprint density at radius 1 is 1.07 bits per heavy atom. The van der Waals surface area contributed by atoms with Crippen molar-refractivity contribution in [3.05, 3.63) is 35.9 Å². The second-order valence-electron chi connectivity index (χ2n) is 5.49. The van der Waals surface area contributed by atoms with Crippen LogP contribution >= 0.6 is 0 Å². The van der Waals surface area contributed by atoms with Crippen molar-refractivity contribution in [2.24, 2.45) is 5.92 Å². The van der Waals surface area contributed by atoms with Crippen LogP contribution in [0.2, 0.25) is 0 Å². The normalized spacial score (nSPS) is 30.3. The van der Waals surface area contributed by atoms with Gasteiger partial charge in [-0.2, -0.15) is 0 Å². The Balaban J connectivity index is 2.03. The molecule has 0 heterocycles. The Bertz CT molecular complexity index is 323. The molecule has 3 atom stereocenters. The maximum absolute atomic E-state index is 6.03. The third-order valence-corrected chi connectivity index (χ3v) is 2.97. The second-order valence-corrected chi connectivity index (χ2v) is 5.49. The molecule has 82 valence electrons. The van der Waals surface area contributed by atoms with Crippen LogP contribution in [0, 0.1) is 5.92 Å². The smallest absolute Gasteiger partial charge is 0.0686 e. The topological polar surface area (TPSA) is 9.23 Å². The number of hydrogen-bond donors (Lipinski definition) is 0. The monoisotopic (exact) mass is 204 g/mol. The van der Waals surface area contributed by atoms with Crippen molar-refractivity contribution in [2.75, 3.05) is 0 Å². The van der Waals surface area contributed by atoms with Crippen LogP contribution in [0.25, 0.3) is 0 Å². The van der Waals surface area contributed by atoms with Crippen molar-refractivity contribution in [3.8, 4) is 0 Å². The first-order valence-electron chi connectivity index (χ1n) is 5.72. The summed E-state index contributed by atoms with van der Waals surface area (Å²) in [6, 6.07) is 10.7. The van der Waals surface area contributed by atoms with Gasteiger partial charge in [0.15, 0.2) is 0 Å². The molecule has 1 saturated carbocycles. The van der Waals surface area contributed by atoms with Crippen molar-refractivity contribution in [3.63, 3.8) is 0 Å². The number of benzene rings is 1. The van der Waals surface area contributed by atoms with Gasteiger partial charge in [-0.1, -0.05) is 37.3 Å². The van der Waals surface area contributed by atoms with Crippen molar-refractivity contribution in [1.82, 2.24) is 0 Å². The van der Waals surface area contributed by atoms with E-state index in [1.807, 2.05) is 0 Å². The summed E-state index contributed by atoms with van der Waals surface area (Å²) in [6.07, 6.45) is 0.410. The molecule has 0 radical (unpaired) electrons. The lowest BCUT2D eigenvalue weighted by Crippen LogP contribution is -2.21. The Morgan fingerprint density at radius 2 is 1.67 bits per heavy atom. The Kier molecular flexibility index (Phi) is 2.59. The molecule has 1 fully saturated rings. The lowest BCUT2D eigenvalue weighted by Gasteiger charge is -2.19. The van der Waals surface area contributed by atoms with E-state index in [0.717, 1.165) is 0 Å². The van der Waals surface area contributed by atoms with E-state index >= 15 is 0 Å². The molecule has 0 N–H and O–H groups in total. The number of hydrogen-bond acceptors (Lipinski definition) is 1. The Labute approximate surface area is 92.5 Å². The molecule has 0 aliphatic heterocycles. The van der Waals surface area contributed by atoms with E-state index in [2.05, 4.69) is 58.0 Å². The van der Waals surface area contributed by atoms with Crippen LogP contribution in [-0.4, -0.2) is 11.7 Å². The van der Waals surface area contributed by atoms with Crippen LogP contribution < -0.4 is 0 Å². The van der Waals surface area contributed by atoms with E-state index in [9.17, 15) is 0 Å². The van der Waals surface area contributed by atoms with Gasteiger partial charge in [-0.15, -0.1) is 0 Å². The first-order chi connectivity index (χ1) is 6.99. The molecule has 0 amide bonds. The summed E-state index contributed by atoms with van der Waals surface area (Å²) in [5, 5.41) is 0. The lowest BCUT2D eigenvalue weighted by atomic mass is 10.1. The Morgan fingerprint density at radius 3 is 2.20 bits per heavy atom. The average molecular weight is 204 g/mol. The summed E-state index contributed by atoms with van der Waals surface area (Å²) in [6.45, 7) is 8.65. The van der Waals surface area contributed by atoms with Gasteiger partial charge in [-0.05, 0) is 32.3 Å². The molecule has 1 heteroatoms. The lowest BCUT2D eigenvalue weighted by molar-refractivity contribution is -0.0227. The van der Waals surface area contributed by atoms with Crippen LogP contribution in [0.1, 0.15) is 39.2 Å². The highest BCUT2D eigenvalue weighted by molar-refractivity contribution is 5.28. The van der Waals surface area contributed by atoms with Gasteiger partial charge in [-0.3, -0.25) is 0 Å². The fourth-order valence-corrected chi connectivity index (χ4v) is 2.18. The molecule has 1 aliphatic rings. The van der Waals surface area contributed by atoms with Gasteiger partial charge in [0, 0.05) is 5.92 Å². The van der Waals surface area contributed by atoms with Crippen LogP contribution in [0.5, 0.6) is 0 Å². The molecule has 1 nitrogen and oxygen atoms in total. The minimum atomic E-state index is -0.0253. The molecule has 0 aromatic heterocycles. The van der Waals surface area contributed by atoms with Crippen LogP contribution in [0.15, 0.2) is 30.3 Å². The summed E-state index contributed by atoms with van der Waals surface area (Å²) in [7, 11) is 0. The van der Waals surface area contributed by atoms with E-state index < -0.39 is 0 Å². The molecule has 0 bridgehead atoms. The molecular formula is C14H20O. The fourth-order valence-electron chi connectivity index (χ4n) is 2.18. The zero-order chi connectivity index (χ0) is 11.1. The predicted molar refractivity (Wildman–Crippen MR) is 63.0 cm³/mol. The van der Waals surface area contributed by atoms with Gasteiger partial charge in [-0.25, -0.2) is 0 Å². The molecule has 1 aromatic rings. The molecule has 2 rings (SSSR count). The number of ether oxygens (including phenoxy) is 1. The van der Waals surface area contributed by atoms with Crippen molar-refractivity contribution in [1.29, 1.82) is 0 Å². The summed E-state index contributed by atoms with van der Waals surface area (Å²) in [4.78, 5) is 0. The molecule has 0 unspecified atom stereocenters. The summed E-state index contributed by atoms with van der Waals surface area (Å²) in [5.41, 5.74) is 1.39. The number of rotatable bonds is 2. The van der Waals surface area contributed by atoms with Gasteiger partial charge in [0.1, 0.15) is 0 Å². The van der Waals surface area contributed by atoms with Gasteiger partial charge in [0.25, 0.3) is 0 Å². The second kappa shape index (κ2) is 3.64. The van der Waals surface area contributed by atoms with E-state index in [1.54, 1.807) is 0 Å². The molecule has 1 aliphatic carbocycles. The zero-order valence-electron chi connectivity index (χ0n) is 10.0. The van der Waals surface area contributed by atoms with Gasteiger partial charge < -0.3 is 4.74 Å². The van der Waals surface area contributed by atoms with E-state index in [0.29, 0.717) is 17.9 Å². The first kappa shape index (κ1) is 10.7. The molecule has 0 spiro atoms. The highest BCUT2D eigenvalue weighted by Gasteiger charge is 2.50. The fraction of sp³-hybridized carbons (Fsp3) is 0.571. The maximum Gasteiger partial charge on any atom is 0.0686 e. The largest absolute Gasteiger partial charge is 0.372 e. The quantitative estimate of drug-likeness (QED) is 0.715. The van der Waals surface area contributed by atoms with Crippen molar-refractivity contribution < 1.29 is 4.74 Å². The van der Waals surface area contributed by atoms with Gasteiger partial charge in [0.2, 0.25) is 0 Å². The van der Waals surface area contributed by atoms with E-state index in [1.165, 1.54) is 5.56 Å². The summed E-state index contributed by atoms with van der Waals surface area (Å²) in [5.74, 6) is 1.26. The minimum Gasteiger partial charge on any atom is -0.372 e. The SMILES string of the molecule is C[C@H]1[C@H](OC(C)(C)C)[C@@H]1c1ccccc1. The minimum absolute atomic E-state index is 0.0253. The summed E-state index contributed by atoms with van der Waals surface area (Å²) < 4.78 is 6.03. The van der Waals surface area contributed by atoms with Crippen LogP contribution in [0.3, 0.4) is 0 Å². The first-order valence-corrected chi connectivity index (χ1v) is 5.72. The zero-order valence-corrected chi connectivity index (χ0v) is 10.0. The molecule has 15 heavy (non-hydrogen) atoms. The van der Waals surface area contributed by atoms with E-state index in [-0.39, 0.29) is 5.60 Å². The maximum atomic E-state index is 6.03. The van der Waals surface area contributed by atoms with Crippen molar-refractivity contribution in [2.45, 2.75) is 45.3 Å². The van der Waals surface area contributed by atoms with Crippen LogP contribution in [-0.2, 0) is 4.74 Å². The van der Waals surface area contributed by atoms with Gasteiger partial charge >= 0.3 is 0 Å². The molecule has 1 aromatic carbocycles. The predicted octanol–water partition coefficient (Wildman–Crippen LogP) is 3.60. The third-order valence-electron chi connectivity index (χ3n) is 2.97. The van der Waals surface area contributed by atoms with E-state index in [4.69, 9.17) is 4.74 Å². The van der Waals surface area contributed by atoms with Crippen molar-refractivity contribution >= 4 is 0 Å². The average Bonchev–Trinajstić information content (AvgIpc) is 2.75. The standard InChI is InChI=1S/C14H20O/c1-10-12(11-8-6-5-7-9-11)13(10)15-14(2,3)4/h5-10,12-13H,1-4H3/t10-,12+,13+/m1/s1. The highest BCUT2D eigenvalue weighted by Crippen LogP contribution is 2.50.